The van der Waals surface area contributed by atoms with Crippen LogP contribution in [0.5, 0.6) is 5.75 Å². The van der Waals surface area contributed by atoms with Gasteiger partial charge in [0, 0.05) is 6.42 Å². The third kappa shape index (κ3) is 3.41. The zero-order valence-corrected chi connectivity index (χ0v) is 10.3. The predicted molar refractivity (Wildman–Crippen MR) is 69.0 cm³/mol. The fraction of sp³-hybridized carbons (Fsp3) is 0.417. The number of anilines is 1. The van der Waals surface area contributed by atoms with Gasteiger partial charge in [0.15, 0.2) is 0 Å². The number of hydrogen-bond donors (Lipinski definition) is 3. The largest absolute Gasteiger partial charge is 0.508 e. The molecule has 0 saturated carbocycles. The maximum atomic E-state index is 11.8. The molecule has 0 bridgehead atoms. The van der Waals surface area contributed by atoms with Crippen LogP contribution in [0.2, 0.25) is 0 Å². The second kappa shape index (κ2) is 5.66. The lowest BCUT2D eigenvalue weighted by atomic mass is 10.0. The summed E-state index contributed by atoms with van der Waals surface area (Å²) in [5.41, 5.74) is -0.198. The Kier molecular flexibility index (Phi) is 3.96. The van der Waals surface area contributed by atoms with Crippen LogP contribution < -0.4 is 10.6 Å². The van der Waals surface area contributed by atoms with Gasteiger partial charge in [-0.3, -0.25) is 14.9 Å². The third-order valence-corrected chi connectivity index (χ3v) is 3.09. The van der Waals surface area contributed by atoms with Crippen molar-refractivity contribution < 1.29 is 14.8 Å². The molecule has 1 saturated heterocycles. The molecule has 1 aromatic carbocycles. The van der Waals surface area contributed by atoms with Crippen LogP contribution in [0, 0.1) is 16.0 Å². The van der Waals surface area contributed by atoms with Gasteiger partial charge in [0.1, 0.15) is 11.4 Å². The number of nitro groups is 1. The fourth-order valence-electron chi connectivity index (χ4n) is 2.13. The Morgan fingerprint density at radius 2 is 2.37 bits per heavy atom. The Bertz CT molecular complexity index is 498. The summed E-state index contributed by atoms with van der Waals surface area (Å²) in [6.07, 6.45) is 1.27. The molecule has 0 aromatic heterocycles. The highest BCUT2D eigenvalue weighted by Gasteiger charge is 2.21. The van der Waals surface area contributed by atoms with E-state index in [4.69, 9.17) is 0 Å². The van der Waals surface area contributed by atoms with Crippen LogP contribution in [0.4, 0.5) is 11.4 Å². The molecule has 0 spiro atoms. The number of aromatic hydroxyl groups is 1. The molecule has 19 heavy (non-hydrogen) atoms. The van der Waals surface area contributed by atoms with Crippen molar-refractivity contribution in [2.24, 2.45) is 5.92 Å². The standard InChI is InChI=1S/C12H15N3O4/c16-9-1-2-10(11(6-9)15(18)19)14-12(17)5-8-3-4-13-7-8/h1-2,6,8,13,16H,3-5,7H2,(H,14,17). The Balaban J connectivity index is 2.05. The van der Waals surface area contributed by atoms with E-state index in [1.807, 2.05) is 0 Å². The lowest BCUT2D eigenvalue weighted by Crippen LogP contribution is -2.18. The number of carbonyl (C=O) groups is 1. The molecule has 7 nitrogen and oxygen atoms in total. The van der Waals surface area contributed by atoms with E-state index >= 15 is 0 Å². The van der Waals surface area contributed by atoms with E-state index in [2.05, 4.69) is 10.6 Å². The average molecular weight is 265 g/mol. The normalized spacial score (nSPS) is 18.2. The van der Waals surface area contributed by atoms with Crippen molar-refractivity contribution in [1.82, 2.24) is 5.32 Å². The first kappa shape index (κ1) is 13.3. The highest BCUT2D eigenvalue weighted by Crippen LogP contribution is 2.28. The number of rotatable bonds is 4. The number of hydrogen-bond acceptors (Lipinski definition) is 5. The van der Waals surface area contributed by atoms with Crippen LogP contribution in [0.3, 0.4) is 0 Å². The van der Waals surface area contributed by atoms with Crippen molar-refractivity contribution >= 4 is 17.3 Å². The number of amides is 1. The summed E-state index contributed by atoms with van der Waals surface area (Å²) in [7, 11) is 0. The van der Waals surface area contributed by atoms with Gasteiger partial charge in [-0.2, -0.15) is 0 Å². The number of phenols is 1. The van der Waals surface area contributed by atoms with E-state index in [0.29, 0.717) is 6.42 Å². The summed E-state index contributed by atoms with van der Waals surface area (Å²) in [5, 5.41) is 25.7. The molecule has 1 aromatic rings. The third-order valence-electron chi connectivity index (χ3n) is 3.09. The Morgan fingerprint density at radius 1 is 1.58 bits per heavy atom. The van der Waals surface area contributed by atoms with Crippen molar-refractivity contribution in [3.05, 3.63) is 28.3 Å². The topological polar surface area (TPSA) is 104 Å². The Morgan fingerprint density at radius 3 is 3.00 bits per heavy atom. The molecule has 1 amide bonds. The molecule has 0 radical (unpaired) electrons. The van der Waals surface area contributed by atoms with Crippen molar-refractivity contribution in [2.75, 3.05) is 18.4 Å². The van der Waals surface area contributed by atoms with Gasteiger partial charge < -0.3 is 15.7 Å². The monoisotopic (exact) mass is 265 g/mol. The number of nitrogens with one attached hydrogen (secondary N) is 2. The van der Waals surface area contributed by atoms with E-state index in [-0.39, 0.29) is 28.9 Å². The van der Waals surface area contributed by atoms with Crippen molar-refractivity contribution in [3.8, 4) is 5.75 Å². The van der Waals surface area contributed by atoms with Gasteiger partial charge in [0.05, 0.1) is 11.0 Å². The number of phenolic OH excluding ortho intramolecular Hbond substituents is 1. The van der Waals surface area contributed by atoms with Crippen molar-refractivity contribution in [1.29, 1.82) is 0 Å². The van der Waals surface area contributed by atoms with Crippen LogP contribution in [-0.4, -0.2) is 29.0 Å². The number of nitro benzene ring substituents is 1. The maximum Gasteiger partial charge on any atom is 0.296 e. The van der Waals surface area contributed by atoms with Crippen LogP contribution >= 0.6 is 0 Å². The fourth-order valence-corrected chi connectivity index (χ4v) is 2.13. The van der Waals surface area contributed by atoms with Gasteiger partial charge in [0.2, 0.25) is 5.91 Å². The van der Waals surface area contributed by atoms with E-state index in [1.54, 1.807) is 0 Å². The molecule has 7 heteroatoms. The minimum atomic E-state index is -0.632. The molecule has 1 heterocycles. The van der Waals surface area contributed by atoms with E-state index in [0.717, 1.165) is 25.6 Å². The summed E-state index contributed by atoms with van der Waals surface area (Å²) in [4.78, 5) is 22.0. The number of carbonyl (C=O) groups excluding carboxylic acids is 1. The van der Waals surface area contributed by atoms with Crippen molar-refractivity contribution in [2.45, 2.75) is 12.8 Å². The molecule has 1 fully saturated rings. The zero-order valence-electron chi connectivity index (χ0n) is 10.3. The predicted octanol–water partition coefficient (Wildman–Crippen LogP) is 1.24. The first-order valence-electron chi connectivity index (χ1n) is 6.04. The van der Waals surface area contributed by atoms with Crippen LogP contribution in [-0.2, 0) is 4.79 Å². The SMILES string of the molecule is O=C(CC1CCNC1)Nc1ccc(O)cc1[N+](=O)[O-]. The number of benzene rings is 1. The zero-order chi connectivity index (χ0) is 13.8. The van der Waals surface area contributed by atoms with Crippen LogP contribution in [0.15, 0.2) is 18.2 Å². The number of nitrogens with zero attached hydrogens (tertiary/aromatic N) is 1. The van der Waals surface area contributed by atoms with Gasteiger partial charge in [0.25, 0.3) is 5.69 Å². The van der Waals surface area contributed by atoms with Crippen LogP contribution in [0.1, 0.15) is 12.8 Å². The molecular formula is C12H15N3O4. The van der Waals surface area contributed by atoms with Gasteiger partial charge in [-0.05, 0) is 37.6 Å². The second-order valence-electron chi connectivity index (χ2n) is 4.57. The lowest BCUT2D eigenvalue weighted by molar-refractivity contribution is -0.384. The minimum absolute atomic E-state index is 0.110. The first-order chi connectivity index (χ1) is 9.06. The van der Waals surface area contributed by atoms with E-state index in [9.17, 15) is 20.0 Å². The van der Waals surface area contributed by atoms with Gasteiger partial charge >= 0.3 is 0 Å². The smallest absolute Gasteiger partial charge is 0.296 e. The molecule has 1 aliphatic heterocycles. The minimum Gasteiger partial charge on any atom is -0.508 e. The maximum absolute atomic E-state index is 11.8. The van der Waals surface area contributed by atoms with Gasteiger partial charge in [-0.1, -0.05) is 0 Å². The summed E-state index contributed by atoms with van der Waals surface area (Å²) in [6.45, 7) is 1.70. The molecule has 102 valence electrons. The summed E-state index contributed by atoms with van der Waals surface area (Å²) < 4.78 is 0. The second-order valence-corrected chi connectivity index (χ2v) is 4.57. The summed E-state index contributed by atoms with van der Waals surface area (Å²) in [5.74, 6) is -0.177. The highest BCUT2D eigenvalue weighted by atomic mass is 16.6. The van der Waals surface area contributed by atoms with Crippen LogP contribution in [0.25, 0.3) is 0 Å². The lowest BCUT2D eigenvalue weighted by Gasteiger charge is -2.09. The summed E-state index contributed by atoms with van der Waals surface area (Å²) >= 11 is 0. The summed E-state index contributed by atoms with van der Waals surface area (Å²) in [6, 6.07) is 3.66. The molecule has 1 atom stereocenters. The Hall–Kier alpha value is -2.15. The Labute approximate surface area is 109 Å². The van der Waals surface area contributed by atoms with Gasteiger partial charge in [-0.25, -0.2) is 0 Å². The average Bonchev–Trinajstić information content (AvgIpc) is 2.83. The van der Waals surface area contributed by atoms with E-state index < -0.39 is 4.92 Å². The first-order valence-corrected chi connectivity index (χ1v) is 6.04. The van der Waals surface area contributed by atoms with Gasteiger partial charge in [-0.15, -0.1) is 0 Å². The van der Waals surface area contributed by atoms with Crippen molar-refractivity contribution in [3.63, 3.8) is 0 Å². The molecular weight excluding hydrogens is 250 g/mol. The molecule has 1 unspecified atom stereocenters. The highest BCUT2D eigenvalue weighted by molar-refractivity contribution is 5.93. The van der Waals surface area contributed by atoms with E-state index in [1.165, 1.54) is 12.1 Å². The quantitative estimate of drug-likeness (QED) is 0.431. The molecule has 2 rings (SSSR count). The molecule has 3 N–H and O–H groups in total. The molecule has 0 aliphatic carbocycles. The molecule has 1 aliphatic rings.